The fraction of sp³-hybridized carbons (Fsp3) is 0.200. The lowest BCUT2D eigenvalue weighted by atomic mass is 9.85. The SMILES string of the molecule is CC1=C(c2ccc(F)cc2)[C@H](c2ccc(C(C)C)cc2)Oc2cc(N)ccc21. The number of hydrogen-bond acceptors (Lipinski definition) is 2. The molecule has 1 atom stereocenters. The van der Waals surface area contributed by atoms with E-state index in [1.807, 2.05) is 30.3 Å². The van der Waals surface area contributed by atoms with E-state index in [0.29, 0.717) is 11.6 Å². The van der Waals surface area contributed by atoms with Crippen LogP contribution in [0.1, 0.15) is 55.0 Å². The van der Waals surface area contributed by atoms with Gasteiger partial charge in [-0.2, -0.15) is 0 Å². The first-order chi connectivity index (χ1) is 13.4. The molecule has 3 aromatic rings. The zero-order chi connectivity index (χ0) is 19.8. The van der Waals surface area contributed by atoms with Crippen molar-refractivity contribution in [2.75, 3.05) is 5.73 Å². The van der Waals surface area contributed by atoms with Gasteiger partial charge in [-0.15, -0.1) is 0 Å². The molecule has 28 heavy (non-hydrogen) atoms. The molecule has 1 heterocycles. The first kappa shape index (κ1) is 18.3. The fourth-order valence-corrected chi connectivity index (χ4v) is 3.76. The summed E-state index contributed by atoms with van der Waals surface area (Å²) < 4.78 is 19.9. The maximum atomic E-state index is 13.5. The van der Waals surface area contributed by atoms with Crippen molar-refractivity contribution in [3.05, 3.63) is 94.8 Å². The average Bonchev–Trinajstić information content (AvgIpc) is 2.68. The van der Waals surface area contributed by atoms with Crippen LogP contribution < -0.4 is 10.5 Å². The van der Waals surface area contributed by atoms with Crippen molar-refractivity contribution in [1.82, 2.24) is 0 Å². The van der Waals surface area contributed by atoms with Crippen LogP contribution in [0.25, 0.3) is 11.1 Å². The van der Waals surface area contributed by atoms with Gasteiger partial charge in [0.05, 0.1) is 0 Å². The average molecular weight is 373 g/mol. The second-order valence-corrected chi connectivity index (χ2v) is 7.62. The summed E-state index contributed by atoms with van der Waals surface area (Å²) in [6, 6.07) is 20.9. The molecule has 142 valence electrons. The van der Waals surface area contributed by atoms with Crippen LogP contribution in [0.4, 0.5) is 10.1 Å². The van der Waals surface area contributed by atoms with Crippen molar-refractivity contribution in [1.29, 1.82) is 0 Å². The Morgan fingerprint density at radius 3 is 2.25 bits per heavy atom. The van der Waals surface area contributed by atoms with Crippen molar-refractivity contribution in [2.45, 2.75) is 32.8 Å². The second kappa shape index (κ2) is 7.16. The van der Waals surface area contributed by atoms with Gasteiger partial charge in [-0.25, -0.2) is 4.39 Å². The molecule has 4 rings (SSSR count). The Balaban J connectivity index is 1.88. The standard InChI is InChI=1S/C25H24FNO/c1-15(2)17-4-6-19(7-5-17)25-24(18-8-10-20(26)11-9-18)16(3)22-13-12-21(27)14-23(22)28-25/h4-15,25H,27H2,1-3H3/t25-/m0/s1. The van der Waals surface area contributed by atoms with E-state index in [9.17, 15) is 4.39 Å². The lowest BCUT2D eigenvalue weighted by molar-refractivity contribution is 0.260. The van der Waals surface area contributed by atoms with Gasteiger partial charge in [0.1, 0.15) is 17.7 Å². The molecular formula is C25H24FNO. The number of fused-ring (bicyclic) bond motifs is 1. The summed E-state index contributed by atoms with van der Waals surface area (Å²) in [5.41, 5.74) is 13.2. The van der Waals surface area contributed by atoms with Crippen LogP contribution in [0.2, 0.25) is 0 Å². The quantitative estimate of drug-likeness (QED) is 0.525. The number of anilines is 1. The fourth-order valence-electron chi connectivity index (χ4n) is 3.76. The highest BCUT2D eigenvalue weighted by Crippen LogP contribution is 2.47. The molecule has 0 amide bonds. The van der Waals surface area contributed by atoms with Gasteiger partial charge in [-0.1, -0.05) is 50.2 Å². The zero-order valence-electron chi connectivity index (χ0n) is 16.4. The maximum Gasteiger partial charge on any atom is 0.150 e. The number of nitrogen functional groups attached to an aromatic ring is 1. The lowest BCUT2D eigenvalue weighted by Crippen LogP contribution is -2.16. The summed E-state index contributed by atoms with van der Waals surface area (Å²) in [6.07, 6.45) is -0.277. The highest BCUT2D eigenvalue weighted by molar-refractivity contribution is 5.95. The summed E-state index contributed by atoms with van der Waals surface area (Å²) in [5, 5.41) is 0. The number of allylic oxidation sites excluding steroid dienone is 1. The van der Waals surface area contributed by atoms with Crippen LogP contribution in [0.3, 0.4) is 0 Å². The van der Waals surface area contributed by atoms with E-state index in [-0.39, 0.29) is 11.9 Å². The van der Waals surface area contributed by atoms with Gasteiger partial charge in [0.25, 0.3) is 0 Å². The third kappa shape index (κ3) is 3.29. The smallest absolute Gasteiger partial charge is 0.150 e. The number of rotatable bonds is 3. The number of hydrogen-bond donors (Lipinski definition) is 1. The summed E-state index contributed by atoms with van der Waals surface area (Å²) in [4.78, 5) is 0. The molecule has 0 saturated carbocycles. The Morgan fingerprint density at radius 1 is 0.929 bits per heavy atom. The van der Waals surface area contributed by atoms with Gasteiger partial charge in [-0.3, -0.25) is 0 Å². The summed E-state index contributed by atoms with van der Waals surface area (Å²) >= 11 is 0. The van der Waals surface area contributed by atoms with E-state index in [1.165, 1.54) is 17.7 Å². The molecule has 0 saturated heterocycles. The molecule has 1 aliphatic heterocycles. The van der Waals surface area contributed by atoms with Crippen LogP contribution >= 0.6 is 0 Å². The first-order valence-corrected chi connectivity index (χ1v) is 9.57. The molecule has 1 aliphatic rings. The van der Waals surface area contributed by atoms with E-state index < -0.39 is 0 Å². The topological polar surface area (TPSA) is 35.2 Å². The van der Waals surface area contributed by atoms with Crippen molar-refractivity contribution in [2.24, 2.45) is 0 Å². The Labute approximate surface area is 165 Å². The molecule has 0 aromatic heterocycles. The zero-order valence-corrected chi connectivity index (χ0v) is 16.4. The minimum atomic E-state index is -0.277. The Bertz CT molecular complexity index is 1030. The van der Waals surface area contributed by atoms with Crippen LogP contribution in [0.5, 0.6) is 5.75 Å². The Hall–Kier alpha value is -3.07. The van der Waals surface area contributed by atoms with Gasteiger partial charge >= 0.3 is 0 Å². The molecular weight excluding hydrogens is 349 g/mol. The molecule has 0 bridgehead atoms. The van der Waals surface area contributed by atoms with Crippen molar-refractivity contribution < 1.29 is 9.13 Å². The maximum absolute atomic E-state index is 13.5. The van der Waals surface area contributed by atoms with Crippen molar-refractivity contribution in [3.8, 4) is 5.75 Å². The largest absolute Gasteiger partial charge is 0.480 e. The Morgan fingerprint density at radius 2 is 1.61 bits per heavy atom. The molecule has 0 fully saturated rings. The van der Waals surface area contributed by atoms with Crippen LogP contribution in [0, 0.1) is 5.82 Å². The lowest BCUT2D eigenvalue weighted by Gasteiger charge is -2.31. The molecule has 3 heteroatoms. The van der Waals surface area contributed by atoms with Gasteiger partial charge < -0.3 is 10.5 Å². The van der Waals surface area contributed by atoms with Crippen LogP contribution in [-0.4, -0.2) is 0 Å². The van der Waals surface area contributed by atoms with Crippen molar-refractivity contribution in [3.63, 3.8) is 0 Å². The number of halogens is 1. The van der Waals surface area contributed by atoms with E-state index >= 15 is 0 Å². The first-order valence-electron chi connectivity index (χ1n) is 9.57. The monoisotopic (exact) mass is 373 g/mol. The summed E-state index contributed by atoms with van der Waals surface area (Å²) in [6.45, 7) is 6.45. The molecule has 0 radical (unpaired) electrons. The number of ether oxygens (including phenoxy) is 1. The highest BCUT2D eigenvalue weighted by atomic mass is 19.1. The molecule has 2 N–H and O–H groups in total. The van der Waals surface area contributed by atoms with E-state index in [1.54, 1.807) is 0 Å². The summed E-state index contributed by atoms with van der Waals surface area (Å²) in [7, 11) is 0. The molecule has 0 aliphatic carbocycles. The van der Waals surface area contributed by atoms with Crippen LogP contribution in [-0.2, 0) is 0 Å². The van der Waals surface area contributed by atoms with E-state index in [4.69, 9.17) is 10.5 Å². The third-order valence-corrected chi connectivity index (χ3v) is 5.38. The second-order valence-electron chi connectivity index (χ2n) is 7.62. The number of benzene rings is 3. The van der Waals surface area contributed by atoms with E-state index in [2.05, 4.69) is 45.0 Å². The third-order valence-electron chi connectivity index (χ3n) is 5.38. The number of nitrogens with two attached hydrogens (primary N) is 1. The minimum Gasteiger partial charge on any atom is -0.480 e. The van der Waals surface area contributed by atoms with Gasteiger partial charge in [0, 0.05) is 22.9 Å². The van der Waals surface area contributed by atoms with Gasteiger partial charge in [-0.05, 0) is 59.4 Å². The molecule has 3 aromatic carbocycles. The molecule has 0 spiro atoms. The minimum absolute atomic E-state index is 0.246. The highest BCUT2D eigenvalue weighted by Gasteiger charge is 2.29. The molecule has 0 unspecified atom stereocenters. The predicted molar refractivity (Wildman–Crippen MR) is 114 cm³/mol. The van der Waals surface area contributed by atoms with E-state index in [0.717, 1.165) is 33.6 Å². The summed E-state index contributed by atoms with van der Waals surface area (Å²) in [5.74, 6) is 1.00. The predicted octanol–water partition coefficient (Wildman–Crippen LogP) is 6.60. The van der Waals surface area contributed by atoms with Gasteiger partial charge in [0.15, 0.2) is 0 Å². The molecule has 2 nitrogen and oxygen atoms in total. The van der Waals surface area contributed by atoms with Crippen LogP contribution in [0.15, 0.2) is 66.7 Å². The van der Waals surface area contributed by atoms with Gasteiger partial charge in [0.2, 0.25) is 0 Å². The normalized spacial score (nSPS) is 16.1. The van der Waals surface area contributed by atoms with Crippen molar-refractivity contribution >= 4 is 16.8 Å². The Kier molecular flexibility index (Phi) is 4.68.